The molecule has 1 unspecified atom stereocenters. The number of thiophene rings is 1. The highest BCUT2D eigenvalue weighted by molar-refractivity contribution is 7.10. The van der Waals surface area contributed by atoms with E-state index in [1.54, 1.807) is 11.3 Å². The van der Waals surface area contributed by atoms with E-state index in [2.05, 4.69) is 37.5 Å². The van der Waals surface area contributed by atoms with Crippen LogP contribution >= 0.6 is 11.3 Å². The Kier molecular flexibility index (Phi) is 12.2. The van der Waals surface area contributed by atoms with Crippen LogP contribution in [0.15, 0.2) is 29.6 Å². The Morgan fingerprint density at radius 1 is 1.09 bits per heavy atom. The number of carbonyl (C=O) groups excluding carboxylic acids is 1. The van der Waals surface area contributed by atoms with Crippen LogP contribution in [0.25, 0.3) is 11.1 Å². The second kappa shape index (κ2) is 14.8. The van der Waals surface area contributed by atoms with Crippen LogP contribution in [-0.4, -0.2) is 23.6 Å². The molecule has 1 aromatic carbocycles. The van der Waals surface area contributed by atoms with Gasteiger partial charge < -0.3 is 15.2 Å². The van der Waals surface area contributed by atoms with Crippen molar-refractivity contribution in [3.63, 3.8) is 0 Å². The topological polar surface area (TPSA) is 75.6 Å². The molecule has 2 N–H and O–H groups in total. The van der Waals surface area contributed by atoms with E-state index in [0.717, 1.165) is 40.2 Å². The summed E-state index contributed by atoms with van der Waals surface area (Å²) in [6.07, 6.45) is 7.60. The van der Waals surface area contributed by atoms with Crippen molar-refractivity contribution in [3.8, 4) is 16.9 Å². The van der Waals surface area contributed by atoms with Gasteiger partial charge in [-0.3, -0.25) is 9.59 Å². The summed E-state index contributed by atoms with van der Waals surface area (Å²) >= 11 is 1.63. The summed E-state index contributed by atoms with van der Waals surface area (Å²) in [6.45, 7) is 9.56. The average molecular weight is 488 g/mol. The lowest BCUT2D eigenvalue weighted by Gasteiger charge is -2.14. The van der Waals surface area contributed by atoms with E-state index in [4.69, 9.17) is 9.84 Å². The largest absolute Gasteiger partial charge is 0.493 e. The molecule has 188 valence electrons. The molecule has 0 fully saturated rings. The van der Waals surface area contributed by atoms with Gasteiger partial charge in [0.2, 0.25) is 5.91 Å². The van der Waals surface area contributed by atoms with E-state index >= 15 is 0 Å². The zero-order chi connectivity index (χ0) is 24.9. The summed E-state index contributed by atoms with van der Waals surface area (Å²) in [5.74, 6) is 0.521. The second-order valence-corrected chi connectivity index (χ2v) is 10.5. The maximum absolute atomic E-state index is 12.5. The number of unbranched alkanes of at least 4 members (excludes halogenated alkanes) is 4. The molecule has 0 saturated carbocycles. The highest BCUT2D eigenvalue weighted by Crippen LogP contribution is 2.34. The fourth-order valence-corrected chi connectivity index (χ4v) is 4.56. The fraction of sp³-hybridized carbons (Fsp3) is 0.571. The van der Waals surface area contributed by atoms with Gasteiger partial charge in [-0.2, -0.15) is 0 Å². The minimum Gasteiger partial charge on any atom is -0.493 e. The number of ether oxygens (including phenoxy) is 1. The van der Waals surface area contributed by atoms with Crippen LogP contribution in [0.4, 0.5) is 0 Å². The highest BCUT2D eigenvalue weighted by Gasteiger charge is 2.14. The molecule has 1 aromatic heterocycles. The van der Waals surface area contributed by atoms with Crippen molar-refractivity contribution >= 4 is 23.2 Å². The molecule has 5 nitrogen and oxygen atoms in total. The van der Waals surface area contributed by atoms with Gasteiger partial charge in [-0.25, -0.2) is 0 Å². The third-order valence-electron chi connectivity index (χ3n) is 5.84. The number of rotatable bonds is 16. The molecule has 2 aromatic rings. The van der Waals surface area contributed by atoms with Crippen molar-refractivity contribution < 1.29 is 19.4 Å². The Hall–Kier alpha value is -2.34. The normalized spacial score (nSPS) is 12.0. The Morgan fingerprint density at radius 3 is 2.56 bits per heavy atom. The van der Waals surface area contributed by atoms with Crippen molar-refractivity contribution in [2.75, 3.05) is 6.61 Å². The zero-order valence-corrected chi connectivity index (χ0v) is 22.0. The quantitative estimate of drug-likeness (QED) is 0.248. The number of hydrogen-bond acceptors (Lipinski definition) is 4. The van der Waals surface area contributed by atoms with Gasteiger partial charge in [0.25, 0.3) is 0 Å². The number of carbonyl (C=O) groups is 2. The van der Waals surface area contributed by atoms with E-state index in [9.17, 15) is 9.59 Å². The maximum atomic E-state index is 12.5. The molecule has 0 saturated heterocycles. The minimum atomic E-state index is -0.802. The summed E-state index contributed by atoms with van der Waals surface area (Å²) in [4.78, 5) is 24.5. The van der Waals surface area contributed by atoms with Crippen molar-refractivity contribution in [1.82, 2.24) is 5.32 Å². The number of carboxylic acids is 1. The molecule has 1 amide bonds. The predicted octanol–water partition coefficient (Wildman–Crippen LogP) is 7.08. The lowest BCUT2D eigenvalue weighted by Crippen LogP contribution is -2.28. The molecule has 34 heavy (non-hydrogen) atoms. The number of benzene rings is 1. The molecule has 2 rings (SSSR count). The number of carboxylic acid groups (broad SMARTS) is 1. The van der Waals surface area contributed by atoms with Gasteiger partial charge in [-0.15, -0.1) is 11.3 Å². The summed E-state index contributed by atoms with van der Waals surface area (Å²) in [7, 11) is 0. The molecule has 0 bridgehead atoms. The van der Waals surface area contributed by atoms with E-state index in [0.29, 0.717) is 25.5 Å². The molecule has 1 atom stereocenters. The van der Waals surface area contributed by atoms with Crippen LogP contribution in [0.2, 0.25) is 0 Å². The summed E-state index contributed by atoms with van der Waals surface area (Å²) in [5, 5.41) is 14.2. The van der Waals surface area contributed by atoms with Crippen LogP contribution in [-0.2, 0) is 22.6 Å². The lowest BCUT2D eigenvalue weighted by atomic mass is 10.0. The lowest BCUT2D eigenvalue weighted by molar-refractivity contribution is -0.137. The van der Waals surface area contributed by atoms with Crippen molar-refractivity contribution in [2.45, 2.75) is 85.6 Å². The molecular formula is C28H41NO4S. The molecule has 0 aliphatic carbocycles. The zero-order valence-electron chi connectivity index (χ0n) is 21.2. The first-order valence-corrected chi connectivity index (χ1v) is 13.5. The second-order valence-electron chi connectivity index (χ2n) is 9.55. The number of amides is 1. The monoisotopic (exact) mass is 487 g/mol. The molecule has 6 heteroatoms. The number of nitrogens with one attached hydrogen (secondary N) is 1. The molecule has 1 heterocycles. The average Bonchev–Trinajstić information content (AvgIpc) is 3.28. The van der Waals surface area contributed by atoms with E-state index in [1.165, 1.54) is 25.7 Å². The van der Waals surface area contributed by atoms with Crippen molar-refractivity contribution in [2.24, 2.45) is 11.8 Å². The Bertz CT molecular complexity index is 906. The standard InChI is InChI=1S/C28H41NO4S/c1-5-6-7-8-9-10-21(4)28(32)29-17-24-16-23(19-34-24)25-13-11-22(12-14-27(30)31)15-26(25)33-18-20(2)3/h11,13,15-16,19-21H,5-10,12,14,17-18H2,1-4H3,(H,29,32)(H,30,31). The summed E-state index contributed by atoms with van der Waals surface area (Å²) in [6, 6.07) is 8.05. The Labute approximate surface area is 208 Å². The number of aryl methyl sites for hydroxylation is 1. The highest BCUT2D eigenvalue weighted by atomic mass is 32.1. The summed E-state index contributed by atoms with van der Waals surface area (Å²) < 4.78 is 6.09. The van der Waals surface area contributed by atoms with E-state index in [-0.39, 0.29) is 18.2 Å². The SMILES string of the molecule is CCCCCCCC(C)C(=O)NCc1cc(-c2ccc(CCC(=O)O)cc2OCC(C)C)cs1. The van der Waals surface area contributed by atoms with E-state index < -0.39 is 5.97 Å². The van der Waals surface area contributed by atoms with Crippen molar-refractivity contribution in [3.05, 3.63) is 40.1 Å². The van der Waals surface area contributed by atoms with Crippen LogP contribution in [0.5, 0.6) is 5.75 Å². The third-order valence-corrected chi connectivity index (χ3v) is 6.77. The first-order chi connectivity index (χ1) is 16.3. The van der Waals surface area contributed by atoms with Gasteiger partial charge in [0.05, 0.1) is 13.2 Å². The Morgan fingerprint density at radius 2 is 1.85 bits per heavy atom. The van der Waals surface area contributed by atoms with Crippen LogP contribution in [0.3, 0.4) is 0 Å². The Balaban J connectivity index is 1.99. The van der Waals surface area contributed by atoms with Crippen LogP contribution in [0.1, 0.15) is 83.1 Å². The predicted molar refractivity (Wildman–Crippen MR) is 140 cm³/mol. The van der Waals surface area contributed by atoms with Gasteiger partial charge >= 0.3 is 5.97 Å². The molecule has 0 aliphatic heterocycles. The van der Waals surface area contributed by atoms with E-state index in [1.807, 2.05) is 25.1 Å². The minimum absolute atomic E-state index is 0.0374. The smallest absolute Gasteiger partial charge is 0.303 e. The first-order valence-electron chi connectivity index (χ1n) is 12.6. The molecule has 0 radical (unpaired) electrons. The third kappa shape index (κ3) is 9.88. The van der Waals surface area contributed by atoms with Gasteiger partial charge in [-0.1, -0.05) is 71.9 Å². The molecule has 0 aliphatic rings. The number of aliphatic carboxylic acids is 1. The van der Waals surface area contributed by atoms with Crippen molar-refractivity contribution in [1.29, 1.82) is 0 Å². The van der Waals surface area contributed by atoms with Crippen LogP contribution in [0, 0.1) is 11.8 Å². The van der Waals surface area contributed by atoms with Gasteiger partial charge in [0, 0.05) is 22.8 Å². The van der Waals surface area contributed by atoms with Gasteiger partial charge in [-0.05, 0) is 47.4 Å². The first kappa shape index (κ1) is 27.9. The van der Waals surface area contributed by atoms with Gasteiger partial charge in [0.1, 0.15) is 5.75 Å². The van der Waals surface area contributed by atoms with Crippen LogP contribution < -0.4 is 10.1 Å². The fourth-order valence-electron chi connectivity index (χ4n) is 3.74. The molecule has 0 spiro atoms. The number of hydrogen-bond donors (Lipinski definition) is 2. The molecular weight excluding hydrogens is 446 g/mol. The summed E-state index contributed by atoms with van der Waals surface area (Å²) in [5.41, 5.74) is 3.01. The maximum Gasteiger partial charge on any atom is 0.303 e. The van der Waals surface area contributed by atoms with Gasteiger partial charge in [0.15, 0.2) is 0 Å².